The SMILES string of the molecule is CCN(CCCO)S(=O)(=O)c1cc(Cl)c(Br)s1. The molecule has 0 saturated carbocycles. The van der Waals surface area contributed by atoms with Crippen molar-refractivity contribution in [3.8, 4) is 0 Å². The van der Waals surface area contributed by atoms with Crippen molar-refractivity contribution in [2.75, 3.05) is 19.7 Å². The zero-order chi connectivity index (χ0) is 13.1. The summed E-state index contributed by atoms with van der Waals surface area (Å²) in [5.74, 6) is 0. The van der Waals surface area contributed by atoms with Crippen molar-refractivity contribution < 1.29 is 13.5 Å². The summed E-state index contributed by atoms with van der Waals surface area (Å²) >= 11 is 10.1. The van der Waals surface area contributed by atoms with Gasteiger partial charge >= 0.3 is 0 Å². The van der Waals surface area contributed by atoms with E-state index in [2.05, 4.69) is 15.9 Å². The molecule has 1 aromatic rings. The molecule has 0 saturated heterocycles. The Bertz CT molecular complexity index is 455. The normalized spacial score (nSPS) is 12.3. The van der Waals surface area contributed by atoms with Crippen molar-refractivity contribution in [2.24, 2.45) is 0 Å². The maximum absolute atomic E-state index is 12.2. The molecule has 0 bridgehead atoms. The minimum atomic E-state index is -3.50. The molecule has 0 aliphatic carbocycles. The second kappa shape index (κ2) is 6.49. The number of aliphatic hydroxyl groups excluding tert-OH is 1. The second-order valence-electron chi connectivity index (χ2n) is 3.26. The monoisotopic (exact) mass is 361 g/mol. The summed E-state index contributed by atoms with van der Waals surface area (Å²) in [5, 5.41) is 9.14. The molecule has 17 heavy (non-hydrogen) atoms. The first-order chi connectivity index (χ1) is 7.93. The lowest BCUT2D eigenvalue weighted by atomic mass is 10.4. The van der Waals surface area contributed by atoms with Gasteiger partial charge in [0.2, 0.25) is 0 Å². The van der Waals surface area contributed by atoms with Crippen LogP contribution in [0.2, 0.25) is 5.02 Å². The van der Waals surface area contributed by atoms with E-state index in [9.17, 15) is 8.42 Å². The highest BCUT2D eigenvalue weighted by Crippen LogP contribution is 2.35. The van der Waals surface area contributed by atoms with Gasteiger partial charge in [0.25, 0.3) is 10.0 Å². The molecular weight excluding hydrogens is 350 g/mol. The van der Waals surface area contributed by atoms with Crippen molar-refractivity contribution in [2.45, 2.75) is 17.6 Å². The number of aliphatic hydroxyl groups is 1. The van der Waals surface area contributed by atoms with Crippen LogP contribution in [0.1, 0.15) is 13.3 Å². The summed E-state index contributed by atoms with van der Waals surface area (Å²) in [7, 11) is -3.50. The average Bonchev–Trinajstić information content (AvgIpc) is 2.61. The van der Waals surface area contributed by atoms with Crippen LogP contribution in [-0.2, 0) is 10.0 Å². The zero-order valence-corrected chi connectivity index (χ0v) is 13.2. The smallest absolute Gasteiger partial charge is 0.252 e. The predicted octanol–water partition coefficient (Wildman–Crippen LogP) is 2.56. The van der Waals surface area contributed by atoms with E-state index >= 15 is 0 Å². The number of rotatable bonds is 6. The number of thiophene rings is 1. The molecule has 1 aromatic heterocycles. The van der Waals surface area contributed by atoms with Crippen LogP contribution in [0.15, 0.2) is 14.1 Å². The van der Waals surface area contributed by atoms with Crippen LogP contribution in [-0.4, -0.2) is 37.5 Å². The lowest BCUT2D eigenvalue weighted by Gasteiger charge is -2.18. The van der Waals surface area contributed by atoms with Crippen LogP contribution in [0.25, 0.3) is 0 Å². The maximum atomic E-state index is 12.2. The van der Waals surface area contributed by atoms with Gasteiger partial charge in [-0.1, -0.05) is 18.5 Å². The van der Waals surface area contributed by atoms with E-state index in [0.717, 1.165) is 11.3 Å². The number of hydrogen-bond acceptors (Lipinski definition) is 4. The molecule has 0 amide bonds. The Morgan fingerprint density at radius 2 is 2.24 bits per heavy atom. The van der Waals surface area contributed by atoms with Crippen LogP contribution in [0, 0.1) is 0 Å². The van der Waals surface area contributed by atoms with Crippen LogP contribution in [0.3, 0.4) is 0 Å². The molecule has 98 valence electrons. The third-order valence-electron chi connectivity index (χ3n) is 2.14. The first-order valence-corrected chi connectivity index (χ1v) is 8.42. The highest BCUT2D eigenvalue weighted by Gasteiger charge is 2.25. The van der Waals surface area contributed by atoms with Crippen LogP contribution < -0.4 is 0 Å². The molecule has 0 radical (unpaired) electrons. The van der Waals surface area contributed by atoms with Crippen LogP contribution in [0.4, 0.5) is 0 Å². The quantitative estimate of drug-likeness (QED) is 0.846. The van der Waals surface area contributed by atoms with Crippen molar-refractivity contribution >= 4 is 48.9 Å². The van der Waals surface area contributed by atoms with Gasteiger partial charge in [0.1, 0.15) is 4.21 Å². The predicted molar refractivity (Wildman–Crippen MR) is 73.2 cm³/mol. The highest BCUT2D eigenvalue weighted by atomic mass is 79.9. The summed E-state index contributed by atoms with van der Waals surface area (Å²) in [6.07, 6.45) is 0.424. The third-order valence-corrected chi connectivity index (χ3v) is 7.03. The fourth-order valence-electron chi connectivity index (χ4n) is 1.28. The third kappa shape index (κ3) is 3.65. The standard InChI is InChI=1S/C9H13BrClNO3S2/c1-2-12(4-3-5-13)17(14,15)8-6-7(11)9(10)16-8/h6,13H,2-5H2,1H3. The Labute approximate surface area is 118 Å². The number of nitrogens with zero attached hydrogens (tertiary/aromatic N) is 1. The zero-order valence-electron chi connectivity index (χ0n) is 9.19. The molecule has 1 N–H and O–H groups in total. The van der Waals surface area contributed by atoms with Gasteiger partial charge in [0.15, 0.2) is 0 Å². The summed E-state index contributed by atoms with van der Waals surface area (Å²) in [6, 6.07) is 1.44. The molecular formula is C9H13BrClNO3S2. The van der Waals surface area contributed by atoms with E-state index in [4.69, 9.17) is 16.7 Å². The van der Waals surface area contributed by atoms with Crippen molar-refractivity contribution in [3.63, 3.8) is 0 Å². The lowest BCUT2D eigenvalue weighted by Crippen LogP contribution is -2.31. The minimum absolute atomic E-state index is 0.0269. The van der Waals surface area contributed by atoms with Crippen molar-refractivity contribution in [1.82, 2.24) is 4.31 Å². The van der Waals surface area contributed by atoms with Gasteiger partial charge in [0, 0.05) is 19.7 Å². The molecule has 8 heteroatoms. The van der Waals surface area contributed by atoms with Gasteiger partial charge in [0.05, 0.1) is 8.81 Å². The largest absolute Gasteiger partial charge is 0.396 e. The Morgan fingerprint density at radius 3 is 2.65 bits per heavy atom. The van der Waals surface area contributed by atoms with Gasteiger partial charge in [-0.05, 0) is 28.4 Å². The van der Waals surface area contributed by atoms with Crippen molar-refractivity contribution in [3.05, 3.63) is 14.9 Å². The van der Waals surface area contributed by atoms with Gasteiger partial charge in [-0.15, -0.1) is 11.3 Å². The Morgan fingerprint density at radius 1 is 1.59 bits per heavy atom. The van der Waals surface area contributed by atoms with E-state index in [1.165, 1.54) is 10.4 Å². The topological polar surface area (TPSA) is 57.6 Å². The first kappa shape index (κ1) is 15.4. The van der Waals surface area contributed by atoms with E-state index < -0.39 is 10.0 Å². The number of halogens is 2. The van der Waals surface area contributed by atoms with E-state index in [0.29, 0.717) is 28.3 Å². The molecule has 0 aliphatic heterocycles. The summed E-state index contributed by atoms with van der Waals surface area (Å²) in [5.41, 5.74) is 0. The molecule has 4 nitrogen and oxygen atoms in total. The Kier molecular flexibility index (Phi) is 5.88. The molecule has 1 heterocycles. The number of sulfonamides is 1. The molecule has 0 atom stereocenters. The van der Waals surface area contributed by atoms with Gasteiger partial charge in [-0.3, -0.25) is 0 Å². The molecule has 0 aliphatic rings. The average molecular weight is 363 g/mol. The Hall–Kier alpha value is 0.340. The molecule has 1 rings (SSSR count). The second-order valence-corrected chi connectivity index (χ2v) is 8.20. The fourth-order valence-corrected chi connectivity index (χ4v) is 5.32. The minimum Gasteiger partial charge on any atom is -0.396 e. The first-order valence-electron chi connectivity index (χ1n) is 4.99. The molecule has 0 unspecified atom stereocenters. The highest BCUT2D eigenvalue weighted by molar-refractivity contribution is 9.11. The molecule has 0 spiro atoms. The van der Waals surface area contributed by atoms with Crippen LogP contribution >= 0.6 is 38.9 Å². The van der Waals surface area contributed by atoms with Gasteiger partial charge in [-0.25, -0.2) is 8.42 Å². The lowest BCUT2D eigenvalue weighted by molar-refractivity contribution is 0.271. The van der Waals surface area contributed by atoms with E-state index in [1.54, 1.807) is 6.92 Å². The number of hydrogen-bond donors (Lipinski definition) is 1. The van der Waals surface area contributed by atoms with Gasteiger partial charge < -0.3 is 5.11 Å². The summed E-state index contributed by atoms with van der Waals surface area (Å²) in [6.45, 7) is 2.41. The van der Waals surface area contributed by atoms with E-state index in [-0.39, 0.29) is 10.8 Å². The molecule has 0 fully saturated rings. The maximum Gasteiger partial charge on any atom is 0.252 e. The van der Waals surface area contributed by atoms with Crippen LogP contribution in [0.5, 0.6) is 0 Å². The van der Waals surface area contributed by atoms with Crippen molar-refractivity contribution in [1.29, 1.82) is 0 Å². The summed E-state index contributed by atoms with van der Waals surface area (Å²) < 4.78 is 26.6. The van der Waals surface area contributed by atoms with Gasteiger partial charge in [-0.2, -0.15) is 4.31 Å². The Balaban J connectivity index is 2.99. The fraction of sp³-hybridized carbons (Fsp3) is 0.556. The van der Waals surface area contributed by atoms with E-state index in [1.807, 2.05) is 0 Å². The summed E-state index contributed by atoms with van der Waals surface area (Å²) in [4.78, 5) is 0. The molecule has 0 aromatic carbocycles.